The highest BCUT2D eigenvalue weighted by Crippen LogP contribution is 2.15. The molecule has 74 valence electrons. The van der Waals surface area contributed by atoms with Crippen LogP contribution in [0.2, 0.25) is 0 Å². The molecule has 0 aromatic carbocycles. The third-order valence-electron chi connectivity index (χ3n) is 1.98. The van der Waals surface area contributed by atoms with Crippen molar-refractivity contribution in [3.63, 3.8) is 0 Å². The van der Waals surface area contributed by atoms with Gasteiger partial charge in [-0.25, -0.2) is 4.98 Å². The minimum atomic E-state index is -0.328. The minimum absolute atomic E-state index is 0.328. The zero-order chi connectivity index (χ0) is 9.90. The molecule has 4 N–H and O–H groups in total. The van der Waals surface area contributed by atoms with Gasteiger partial charge in [0.25, 0.3) is 0 Å². The lowest BCUT2D eigenvalue weighted by Crippen LogP contribution is -2.31. The molecule has 1 aromatic rings. The van der Waals surface area contributed by atoms with Crippen LogP contribution in [-0.4, -0.2) is 16.1 Å². The molecule has 0 fully saturated rings. The molecule has 0 aliphatic heterocycles. The first-order valence-electron chi connectivity index (χ1n) is 4.55. The number of nitrogens with two attached hydrogens (primary N) is 2. The van der Waals surface area contributed by atoms with E-state index in [4.69, 9.17) is 11.5 Å². The molecule has 0 unspecified atom stereocenters. The van der Waals surface area contributed by atoms with Gasteiger partial charge in [-0.2, -0.15) is 0 Å². The molecule has 1 aromatic heterocycles. The molecule has 0 aliphatic carbocycles. The van der Waals surface area contributed by atoms with Crippen LogP contribution in [0.3, 0.4) is 0 Å². The first kappa shape index (κ1) is 10.2. The van der Waals surface area contributed by atoms with E-state index in [0.717, 1.165) is 18.7 Å². The van der Waals surface area contributed by atoms with Gasteiger partial charge in [0.1, 0.15) is 0 Å². The summed E-state index contributed by atoms with van der Waals surface area (Å²) in [4.78, 5) is 4.08. The maximum atomic E-state index is 5.98. The minimum Gasteiger partial charge on any atom is -0.333 e. The monoisotopic (exact) mass is 182 g/mol. The summed E-state index contributed by atoms with van der Waals surface area (Å²) in [5, 5.41) is 0. The quantitative estimate of drug-likeness (QED) is 0.709. The largest absolute Gasteiger partial charge is 0.333 e. The van der Waals surface area contributed by atoms with E-state index < -0.39 is 0 Å². The third-order valence-corrected chi connectivity index (χ3v) is 1.98. The van der Waals surface area contributed by atoms with Crippen LogP contribution in [0.5, 0.6) is 0 Å². The molecule has 0 saturated heterocycles. The van der Waals surface area contributed by atoms with Crippen molar-refractivity contribution in [3.8, 4) is 0 Å². The van der Waals surface area contributed by atoms with Crippen LogP contribution in [0.1, 0.15) is 26.0 Å². The fraction of sp³-hybridized carbons (Fsp3) is 0.667. The second-order valence-electron chi connectivity index (χ2n) is 3.84. The third kappa shape index (κ3) is 2.54. The lowest BCUT2D eigenvalue weighted by atomic mass is 10.0. The fourth-order valence-corrected chi connectivity index (χ4v) is 1.30. The first-order valence-corrected chi connectivity index (χ1v) is 4.55. The van der Waals surface area contributed by atoms with Crippen LogP contribution in [0.25, 0.3) is 0 Å². The van der Waals surface area contributed by atoms with Gasteiger partial charge in [-0.1, -0.05) is 0 Å². The van der Waals surface area contributed by atoms with Gasteiger partial charge in [0.15, 0.2) is 0 Å². The van der Waals surface area contributed by atoms with Crippen molar-refractivity contribution in [1.82, 2.24) is 9.55 Å². The van der Waals surface area contributed by atoms with Crippen molar-refractivity contribution in [2.75, 3.05) is 6.54 Å². The number of hydrogen-bond donors (Lipinski definition) is 2. The van der Waals surface area contributed by atoms with Gasteiger partial charge >= 0.3 is 0 Å². The maximum Gasteiger partial charge on any atom is 0.0948 e. The number of aromatic nitrogens is 2. The lowest BCUT2D eigenvalue weighted by Gasteiger charge is -2.20. The number of imidazole rings is 1. The average molecular weight is 182 g/mol. The van der Waals surface area contributed by atoms with Crippen LogP contribution < -0.4 is 11.5 Å². The SMILES string of the molecule is CC(C)(N)c1cncn1CCCN. The fourth-order valence-electron chi connectivity index (χ4n) is 1.30. The van der Waals surface area contributed by atoms with Gasteiger partial charge in [-0.3, -0.25) is 0 Å². The zero-order valence-electron chi connectivity index (χ0n) is 8.33. The number of aryl methyl sites for hydroxylation is 1. The van der Waals surface area contributed by atoms with Gasteiger partial charge in [0.2, 0.25) is 0 Å². The number of nitrogens with zero attached hydrogens (tertiary/aromatic N) is 2. The Balaban J connectivity index is 2.77. The Hall–Kier alpha value is -0.870. The summed E-state index contributed by atoms with van der Waals surface area (Å²) in [6, 6.07) is 0. The van der Waals surface area contributed by atoms with E-state index >= 15 is 0 Å². The molecular weight excluding hydrogens is 164 g/mol. The van der Waals surface area contributed by atoms with Crippen LogP contribution in [0.15, 0.2) is 12.5 Å². The highest BCUT2D eigenvalue weighted by Gasteiger charge is 2.18. The topological polar surface area (TPSA) is 69.9 Å². The molecule has 0 saturated carbocycles. The van der Waals surface area contributed by atoms with Crippen molar-refractivity contribution in [2.45, 2.75) is 32.4 Å². The predicted octanol–water partition coefficient (Wildman–Crippen LogP) is 0.426. The summed E-state index contributed by atoms with van der Waals surface area (Å²) >= 11 is 0. The highest BCUT2D eigenvalue weighted by atomic mass is 15.1. The summed E-state index contributed by atoms with van der Waals surface area (Å²) in [5.74, 6) is 0. The van der Waals surface area contributed by atoms with E-state index in [2.05, 4.69) is 9.55 Å². The summed E-state index contributed by atoms with van der Waals surface area (Å²) in [5.41, 5.74) is 12.1. The molecule has 0 bridgehead atoms. The Kier molecular flexibility index (Phi) is 3.06. The Morgan fingerprint density at radius 3 is 2.77 bits per heavy atom. The molecule has 0 radical (unpaired) electrons. The van der Waals surface area contributed by atoms with Crippen LogP contribution >= 0.6 is 0 Å². The van der Waals surface area contributed by atoms with E-state index in [1.807, 2.05) is 20.0 Å². The predicted molar refractivity (Wildman–Crippen MR) is 53.1 cm³/mol. The summed E-state index contributed by atoms with van der Waals surface area (Å²) in [6.45, 7) is 5.54. The van der Waals surface area contributed by atoms with Crippen molar-refractivity contribution < 1.29 is 0 Å². The van der Waals surface area contributed by atoms with Gasteiger partial charge in [-0.05, 0) is 26.8 Å². The maximum absolute atomic E-state index is 5.98. The van der Waals surface area contributed by atoms with Crippen molar-refractivity contribution in [2.24, 2.45) is 11.5 Å². The van der Waals surface area contributed by atoms with Crippen molar-refractivity contribution in [1.29, 1.82) is 0 Å². The standard InChI is InChI=1S/C9H18N4/c1-9(2,11)8-6-12-7-13(8)5-3-4-10/h6-7H,3-5,10-11H2,1-2H3. The van der Waals surface area contributed by atoms with E-state index in [1.165, 1.54) is 0 Å². The lowest BCUT2D eigenvalue weighted by molar-refractivity contribution is 0.486. The van der Waals surface area contributed by atoms with Gasteiger partial charge in [0, 0.05) is 12.7 Å². The molecule has 0 atom stereocenters. The van der Waals surface area contributed by atoms with Crippen molar-refractivity contribution >= 4 is 0 Å². The molecule has 0 spiro atoms. The van der Waals surface area contributed by atoms with Crippen LogP contribution in [-0.2, 0) is 12.1 Å². The molecule has 1 rings (SSSR count). The molecule has 13 heavy (non-hydrogen) atoms. The summed E-state index contributed by atoms with van der Waals surface area (Å²) in [7, 11) is 0. The van der Waals surface area contributed by atoms with Gasteiger partial charge < -0.3 is 16.0 Å². The summed E-state index contributed by atoms with van der Waals surface area (Å²) in [6.07, 6.45) is 4.58. The van der Waals surface area contributed by atoms with Gasteiger partial charge in [0.05, 0.1) is 17.6 Å². The van der Waals surface area contributed by atoms with E-state index in [-0.39, 0.29) is 5.54 Å². The van der Waals surface area contributed by atoms with Crippen LogP contribution in [0, 0.1) is 0 Å². The number of hydrogen-bond acceptors (Lipinski definition) is 3. The molecular formula is C9H18N4. The van der Waals surface area contributed by atoms with Crippen LogP contribution in [0.4, 0.5) is 0 Å². The first-order chi connectivity index (χ1) is 6.05. The zero-order valence-corrected chi connectivity index (χ0v) is 8.33. The van der Waals surface area contributed by atoms with E-state index in [1.54, 1.807) is 6.33 Å². The molecule has 4 heteroatoms. The second kappa shape index (κ2) is 3.89. The van der Waals surface area contributed by atoms with Gasteiger partial charge in [-0.15, -0.1) is 0 Å². The smallest absolute Gasteiger partial charge is 0.0948 e. The summed E-state index contributed by atoms with van der Waals surface area (Å²) < 4.78 is 2.06. The Labute approximate surface area is 78.9 Å². The highest BCUT2D eigenvalue weighted by molar-refractivity contribution is 5.09. The van der Waals surface area contributed by atoms with Crippen molar-refractivity contribution in [3.05, 3.63) is 18.2 Å². The Bertz CT molecular complexity index is 259. The molecule has 0 amide bonds. The second-order valence-corrected chi connectivity index (χ2v) is 3.84. The van der Waals surface area contributed by atoms with E-state index in [9.17, 15) is 0 Å². The normalized spacial score (nSPS) is 12.0. The van der Waals surface area contributed by atoms with E-state index in [0.29, 0.717) is 6.54 Å². The molecule has 4 nitrogen and oxygen atoms in total. The molecule has 0 aliphatic rings. The number of rotatable bonds is 4. The molecule has 1 heterocycles. The Morgan fingerprint density at radius 1 is 1.54 bits per heavy atom. The average Bonchev–Trinajstić information content (AvgIpc) is 2.47. The Morgan fingerprint density at radius 2 is 2.23 bits per heavy atom.